The van der Waals surface area contributed by atoms with Gasteiger partial charge in [0.05, 0.1) is 0 Å². The Morgan fingerprint density at radius 1 is 1.00 bits per heavy atom. The van der Waals surface area contributed by atoms with Crippen LogP contribution in [0.5, 0.6) is 0 Å². The minimum atomic E-state index is -0.575. The van der Waals surface area contributed by atoms with Crippen LogP contribution in [0.15, 0.2) is 54.6 Å². The van der Waals surface area contributed by atoms with Crippen molar-refractivity contribution in [1.82, 2.24) is 10.4 Å². The second-order valence-electron chi connectivity index (χ2n) is 6.47. The first kappa shape index (κ1) is 19.4. The van der Waals surface area contributed by atoms with Crippen LogP contribution in [-0.2, 0) is 4.79 Å². The van der Waals surface area contributed by atoms with Crippen molar-refractivity contribution in [3.05, 3.63) is 65.7 Å². The lowest BCUT2D eigenvalue weighted by Crippen LogP contribution is -2.49. The van der Waals surface area contributed by atoms with E-state index in [1.54, 1.807) is 11.6 Å². The van der Waals surface area contributed by atoms with E-state index in [0.29, 0.717) is 31.7 Å². The van der Waals surface area contributed by atoms with E-state index in [0.717, 1.165) is 16.9 Å². The number of hydroxylamine groups is 1. The van der Waals surface area contributed by atoms with E-state index < -0.39 is 5.91 Å². The summed E-state index contributed by atoms with van der Waals surface area (Å²) >= 11 is 0. The molecule has 3 rings (SSSR count). The molecule has 0 saturated carbocycles. The molecule has 1 heterocycles. The van der Waals surface area contributed by atoms with Gasteiger partial charge in [0.25, 0.3) is 11.8 Å². The largest absolute Gasteiger partial charge is 0.388 e. The zero-order chi connectivity index (χ0) is 19.9. The molecule has 7 nitrogen and oxygen atoms in total. The molecule has 0 atom stereocenters. The average Bonchev–Trinajstić information content (AvgIpc) is 2.77. The van der Waals surface area contributed by atoms with Gasteiger partial charge in [-0.3, -0.25) is 14.8 Å². The van der Waals surface area contributed by atoms with Crippen molar-refractivity contribution in [3.63, 3.8) is 0 Å². The highest BCUT2D eigenvalue weighted by Gasteiger charge is 2.23. The molecule has 0 unspecified atom stereocenters. The zero-order valence-electron chi connectivity index (χ0n) is 15.8. The van der Waals surface area contributed by atoms with Gasteiger partial charge in [0.15, 0.2) is 0 Å². The predicted octanol–water partition coefficient (Wildman–Crippen LogP) is 2.21. The summed E-state index contributed by atoms with van der Waals surface area (Å²) in [6, 6.07) is 15.2. The molecule has 0 aromatic heterocycles. The minimum absolute atomic E-state index is 0.0371. The third-order valence-corrected chi connectivity index (χ3v) is 4.79. The number of hydrogen-bond acceptors (Lipinski definition) is 5. The van der Waals surface area contributed by atoms with Crippen molar-refractivity contribution in [1.29, 1.82) is 0 Å². The molecule has 2 amide bonds. The SMILES string of the molecule is CNc1ccc(C(=O)N2CCN(c3ccccc3/C=C/C(=O)NO)CC2)cc1. The zero-order valence-corrected chi connectivity index (χ0v) is 15.8. The molecule has 3 N–H and O–H groups in total. The smallest absolute Gasteiger partial charge is 0.267 e. The summed E-state index contributed by atoms with van der Waals surface area (Å²) < 4.78 is 0. The molecule has 0 aliphatic carbocycles. The number of nitrogens with one attached hydrogen (secondary N) is 2. The molecule has 28 heavy (non-hydrogen) atoms. The molecule has 0 bridgehead atoms. The Balaban J connectivity index is 1.66. The lowest BCUT2D eigenvalue weighted by molar-refractivity contribution is -0.124. The van der Waals surface area contributed by atoms with E-state index in [-0.39, 0.29) is 5.91 Å². The second kappa shape index (κ2) is 9.05. The molecule has 2 aromatic rings. The first-order valence-corrected chi connectivity index (χ1v) is 9.15. The highest BCUT2D eigenvalue weighted by molar-refractivity contribution is 5.95. The standard InChI is InChI=1S/C21H24N4O3/c1-22-18-9-6-17(7-10-18)21(27)25-14-12-24(13-15-25)19-5-3-2-4-16(19)8-11-20(26)23-28/h2-11,22,28H,12-15H2,1H3,(H,23,26)/b11-8+. The van der Waals surface area contributed by atoms with Crippen molar-refractivity contribution in [3.8, 4) is 0 Å². The first-order chi connectivity index (χ1) is 13.6. The van der Waals surface area contributed by atoms with E-state index >= 15 is 0 Å². The molecule has 1 saturated heterocycles. The third-order valence-electron chi connectivity index (χ3n) is 4.79. The Hall–Kier alpha value is -3.32. The van der Waals surface area contributed by atoms with Crippen LogP contribution in [0, 0.1) is 0 Å². The van der Waals surface area contributed by atoms with E-state index in [1.807, 2.05) is 60.5 Å². The molecule has 0 spiro atoms. The Labute approximate surface area is 164 Å². The lowest BCUT2D eigenvalue weighted by atomic mass is 10.1. The molecule has 1 aliphatic heterocycles. The number of carbonyl (C=O) groups excluding carboxylic acids is 2. The van der Waals surface area contributed by atoms with Gasteiger partial charge in [0.2, 0.25) is 0 Å². The molecule has 7 heteroatoms. The number of amides is 2. The molecule has 2 aromatic carbocycles. The van der Waals surface area contributed by atoms with E-state index in [1.165, 1.54) is 6.08 Å². The number of benzene rings is 2. The van der Waals surface area contributed by atoms with E-state index in [2.05, 4.69) is 10.2 Å². The highest BCUT2D eigenvalue weighted by atomic mass is 16.5. The molecule has 1 aliphatic rings. The van der Waals surface area contributed by atoms with Crippen LogP contribution in [-0.4, -0.2) is 55.1 Å². The lowest BCUT2D eigenvalue weighted by Gasteiger charge is -2.36. The molecular weight excluding hydrogens is 356 g/mol. The maximum atomic E-state index is 12.7. The molecular formula is C21H24N4O3. The monoisotopic (exact) mass is 380 g/mol. The summed E-state index contributed by atoms with van der Waals surface area (Å²) in [5.41, 5.74) is 5.12. The number of nitrogens with zero attached hydrogens (tertiary/aromatic N) is 2. The van der Waals surface area contributed by atoms with E-state index in [9.17, 15) is 9.59 Å². The number of hydrogen-bond donors (Lipinski definition) is 3. The topological polar surface area (TPSA) is 84.9 Å². The number of anilines is 2. The number of para-hydroxylation sites is 1. The van der Waals surface area contributed by atoms with Gasteiger partial charge >= 0.3 is 0 Å². The Bertz CT molecular complexity index is 856. The number of piperazine rings is 1. The summed E-state index contributed by atoms with van der Waals surface area (Å²) in [7, 11) is 1.85. The van der Waals surface area contributed by atoms with Gasteiger partial charge in [-0.25, -0.2) is 5.48 Å². The summed E-state index contributed by atoms with van der Waals surface area (Å²) in [6.45, 7) is 2.67. The van der Waals surface area contributed by atoms with Gasteiger partial charge in [-0.15, -0.1) is 0 Å². The maximum absolute atomic E-state index is 12.7. The fraction of sp³-hybridized carbons (Fsp3) is 0.238. The fourth-order valence-corrected chi connectivity index (χ4v) is 3.23. The normalized spacial score (nSPS) is 14.2. The Morgan fingerprint density at radius 3 is 2.32 bits per heavy atom. The van der Waals surface area contributed by atoms with Gasteiger partial charge < -0.3 is 15.1 Å². The van der Waals surface area contributed by atoms with Gasteiger partial charge in [0.1, 0.15) is 0 Å². The Kier molecular flexibility index (Phi) is 6.29. The number of rotatable bonds is 5. The fourth-order valence-electron chi connectivity index (χ4n) is 3.23. The quantitative estimate of drug-likeness (QED) is 0.421. The first-order valence-electron chi connectivity index (χ1n) is 9.15. The number of carbonyl (C=O) groups is 2. The van der Waals surface area contributed by atoms with Crippen LogP contribution in [0.25, 0.3) is 6.08 Å². The van der Waals surface area contributed by atoms with Gasteiger partial charge in [-0.2, -0.15) is 0 Å². The van der Waals surface area contributed by atoms with Crippen molar-refractivity contribution in [2.45, 2.75) is 0 Å². The van der Waals surface area contributed by atoms with Crippen LogP contribution in [0.4, 0.5) is 11.4 Å². The van der Waals surface area contributed by atoms with Gasteiger partial charge in [-0.1, -0.05) is 18.2 Å². The molecule has 1 fully saturated rings. The van der Waals surface area contributed by atoms with Crippen LogP contribution in [0.1, 0.15) is 15.9 Å². The van der Waals surface area contributed by atoms with Crippen molar-refractivity contribution in [2.75, 3.05) is 43.4 Å². The van der Waals surface area contributed by atoms with Gasteiger partial charge in [0, 0.05) is 56.2 Å². The van der Waals surface area contributed by atoms with Crippen LogP contribution in [0.3, 0.4) is 0 Å². The summed E-state index contributed by atoms with van der Waals surface area (Å²) in [6.07, 6.45) is 2.95. The van der Waals surface area contributed by atoms with Gasteiger partial charge in [-0.05, 0) is 42.0 Å². The summed E-state index contributed by atoms with van der Waals surface area (Å²) in [5, 5.41) is 11.7. The van der Waals surface area contributed by atoms with Crippen molar-refractivity contribution in [2.24, 2.45) is 0 Å². The van der Waals surface area contributed by atoms with Crippen LogP contribution in [0.2, 0.25) is 0 Å². The highest BCUT2D eigenvalue weighted by Crippen LogP contribution is 2.23. The van der Waals surface area contributed by atoms with E-state index in [4.69, 9.17) is 5.21 Å². The van der Waals surface area contributed by atoms with Crippen molar-refractivity contribution >= 4 is 29.3 Å². The minimum Gasteiger partial charge on any atom is -0.388 e. The third kappa shape index (κ3) is 4.50. The maximum Gasteiger partial charge on any atom is 0.267 e. The average molecular weight is 380 g/mol. The van der Waals surface area contributed by atoms with Crippen LogP contribution >= 0.6 is 0 Å². The molecule has 0 radical (unpaired) electrons. The van der Waals surface area contributed by atoms with Crippen molar-refractivity contribution < 1.29 is 14.8 Å². The van der Waals surface area contributed by atoms with Crippen LogP contribution < -0.4 is 15.7 Å². The molecule has 146 valence electrons. The summed E-state index contributed by atoms with van der Waals surface area (Å²) in [5.74, 6) is -0.537. The summed E-state index contributed by atoms with van der Waals surface area (Å²) in [4.78, 5) is 28.0. The Morgan fingerprint density at radius 2 is 1.68 bits per heavy atom. The predicted molar refractivity (Wildman–Crippen MR) is 110 cm³/mol. The second-order valence-corrected chi connectivity index (χ2v) is 6.47.